The Hall–Kier alpha value is -4.38. The highest BCUT2D eigenvalue weighted by Crippen LogP contribution is 2.31. The number of pyridine rings is 1. The van der Waals surface area contributed by atoms with E-state index in [9.17, 15) is 14.4 Å². The summed E-state index contributed by atoms with van der Waals surface area (Å²) < 4.78 is 28.1. The van der Waals surface area contributed by atoms with Crippen LogP contribution in [-0.4, -0.2) is 83.5 Å². The molecule has 0 aliphatic carbocycles. The van der Waals surface area contributed by atoms with Crippen LogP contribution in [0.3, 0.4) is 0 Å². The predicted molar refractivity (Wildman–Crippen MR) is 177 cm³/mol. The van der Waals surface area contributed by atoms with Gasteiger partial charge in [-0.2, -0.15) is 0 Å². The van der Waals surface area contributed by atoms with Gasteiger partial charge < -0.3 is 23.7 Å². The van der Waals surface area contributed by atoms with E-state index in [2.05, 4.69) is 9.88 Å². The topological polar surface area (TPSA) is 117 Å². The van der Waals surface area contributed by atoms with Crippen molar-refractivity contribution in [1.82, 2.24) is 14.8 Å². The van der Waals surface area contributed by atoms with E-state index in [4.69, 9.17) is 23.7 Å². The van der Waals surface area contributed by atoms with Gasteiger partial charge in [-0.3, -0.25) is 19.6 Å². The second-order valence-electron chi connectivity index (χ2n) is 13.6. The number of aromatic nitrogens is 1. The van der Waals surface area contributed by atoms with E-state index in [0.29, 0.717) is 38.2 Å². The molecule has 47 heavy (non-hydrogen) atoms. The fourth-order valence-electron chi connectivity index (χ4n) is 5.38. The molecule has 1 atom stereocenters. The van der Waals surface area contributed by atoms with E-state index in [1.807, 2.05) is 54.6 Å². The SMILES string of the molecule is COc1ccc2nccc([C@@H](CN3CCC(N(CC(=O)OCc4ccccc4)C(=O)OC(C)(C)C)CC3)OC(=O)OC(C)(C)C)c2c1. The van der Waals surface area contributed by atoms with Crippen molar-refractivity contribution in [3.63, 3.8) is 0 Å². The van der Waals surface area contributed by atoms with Crippen LogP contribution >= 0.6 is 0 Å². The molecule has 0 radical (unpaired) electrons. The molecule has 1 aliphatic rings. The normalized spacial score (nSPS) is 15.0. The molecule has 254 valence electrons. The summed E-state index contributed by atoms with van der Waals surface area (Å²) >= 11 is 0. The molecule has 11 nitrogen and oxygen atoms in total. The molecule has 0 N–H and O–H groups in total. The highest BCUT2D eigenvalue weighted by Gasteiger charge is 2.34. The average Bonchev–Trinajstić information content (AvgIpc) is 3.01. The highest BCUT2D eigenvalue weighted by molar-refractivity contribution is 5.84. The summed E-state index contributed by atoms with van der Waals surface area (Å²) in [6, 6.07) is 16.6. The van der Waals surface area contributed by atoms with Gasteiger partial charge in [0.25, 0.3) is 0 Å². The Labute approximate surface area is 277 Å². The minimum Gasteiger partial charge on any atom is -0.497 e. The van der Waals surface area contributed by atoms with Gasteiger partial charge >= 0.3 is 18.2 Å². The van der Waals surface area contributed by atoms with E-state index in [0.717, 1.165) is 22.0 Å². The number of carbonyl (C=O) groups is 3. The van der Waals surface area contributed by atoms with Crippen LogP contribution in [0.25, 0.3) is 10.9 Å². The van der Waals surface area contributed by atoms with Crippen LogP contribution in [0.4, 0.5) is 9.59 Å². The standard InChI is InChI=1S/C36H47N3O8/c1-35(2,3)46-33(41)39(23-32(40)44-24-25-11-9-8-10-12-25)26-16-19-38(20-17-26)22-31(45-34(42)47-36(4,5)6)28-15-18-37-30-14-13-27(43-7)21-29(28)30/h8-15,18,21,26,31H,16-17,19-20,22-24H2,1-7H3/t31-/m1/s1. The number of carbonyl (C=O) groups excluding carboxylic acids is 3. The highest BCUT2D eigenvalue weighted by atomic mass is 16.7. The first-order valence-corrected chi connectivity index (χ1v) is 15.9. The van der Waals surface area contributed by atoms with Crippen molar-refractivity contribution >= 4 is 29.1 Å². The number of hydrogen-bond donors (Lipinski definition) is 0. The van der Waals surface area contributed by atoms with E-state index in [-0.39, 0.29) is 19.2 Å². The van der Waals surface area contributed by atoms with Crippen molar-refractivity contribution < 1.29 is 38.1 Å². The lowest BCUT2D eigenvalue weighted by Crippen LogP contribution is -2.51. The number of methoxy groups -OCH3 is 1. The van der Waals surface area contributed by atoms with Gasteiger partial charge in [0.2, 0.25) is 0 Å². The Morgan fingerprint density at radius 3 is 2.26 bits per heavy atom. The van der Waals surface area contributed by atoms with Crippen LogP contribution in [0.5, 0.6) is 5.75 Å². The molecular weight excluding hydrogens is 602 g/mol. The molecule has 0 spiro atoms. The van der Waals surface area contributed by atoms with E-state index >= 15 is 0 Å². The number of amides is 1. The van der Waals surface area contributed by atoms with Gasteiger partial charge in [-0.15, -0.1) is 0 Å². The lowest BCUT2D eigenvalue weighted by atomic mass is 10.00. The molecule has 0 unspecified atom stereocenters. The first-order valence-electron chi connectivity index (χ1n) is 15.9. The maximum Gasteiger partial charge on any atom is 0.509 e. The monoisotopic (exact) mass is 649 g/mol. The lowest BCUT2D eigenvalue weighted by Gasteiger charge is -2.39. The lowest BCUT2D eigenvalue weighted by molar-refractivity contribution is -0.147. The van der Waals surface area contributed by atoms with E-state index in [1.54, 1.807) is 54.8 Å². The Morgan fingerprint density at radius 1 is 0.936 bits per heavy atom. The summed E-state index contributed by atoms with van der Waals surface area (Å²) in [5.74, 6) is 0.154. The quantitative estimate of drug-likeness (QED) is 0.174. The number of nitrogens with zero attached hydrogens (tertiary/aromatic N) is 3. The zero-order valence-corrected chi connectivity index (χ0v) is 28.5. The molecule has 0 saturated carbocycles. The van der Waals surface area contributed by atoms with E-state index < -0.39 is 35.5 Å². The summed E-state index contributed by atoms with van der Waals surface area (Å²) in [5.41, 5.74) is 0.926. The molecule has 1 aliphatic heterocycles. The Bertz CT molecular complexity index is 1510. The summed E-state index contributed by atoms with van der Waals surface area (Å²) in [6.07, 6.45) is 0.849. The molecule has 1 amide bonds. The van der Waals surface area contributed by atoms with Crippen LogP contribution in [-0.2, 0) is 30.3 Å². The van der Waals surface area contributed by atoms with Gasteiger partial charge in [-0.1, -0.05) is 30.3 Å². The Morgan fingerprint density at radius 2 is 1.62 bits per heavy atom. The molecule has 1 saturated heterocycles. The van der Waals surface area contributed by atoms with Gasteiger partial charge in [-0.25, -0.2) is 9.59 Å². The number of ether oxygens (including phenoxy) is 5. The van der Waals surface area contributed by atoms with Gasteiger partial charge in [-0.05, 0) is 84.2 Å². The van der Waals surface area contributed by atoms with Crippen LogP contribution < -0.4 is 4.74 Å². The number of likely N-dealkylation sites (tertiary alicyclic amines) is 1. The van der Waals surface area contributed by atoms with Gasteiger partial charge in [0.1, 0.15) is 36.2 Å². The smallest absolute Gasteiger partial charge is 0.497 e. The molecule has 2 aromatic carbocycles. The number of rotatable bonds is 10. The maximum absolute atomic E-state index is 13.3. The third kappa shape index (κ3) is 10.8. The number of hydrogen-bond acceptors (Lipinski definition) is 10. The molecule has 1 aromatic heterocycles. The largest absolute Gasteiger partial charge is 0.509 e. The molecule has 3 aromatic rings. The fraction of sp³-hybridized carbons (Fsp3) is 0.500. The fourth-order valence-corrected chi connectivity index (χ4v) is 5.38. The zero-order valence-electron chi connectivity index (χ0n) is 28.5. The van der Waals surface area contributed by atoms with Crippen molar-refractivity contribution in [2.45, 2.75) is 84.3 Å². The molecule has 11 heteroatoms. The predicted octanol–water partition coefficient (Wildman–Crippen LogP) is 6.68. The number of benzene rings is 2. The van der Waals surface area contributed by atoms with Gasteiger partial charge in [0.05, 0.1) is 12.6 Å². The van der Waals surface area contributed by atoms with Crippen molar-refractivity contribution in [2.24, 2.45) is 0 Å². The summed E-state index contributed by atoms with van der Waals surface area (Å²) in [5, 5.41) is 0.806. The van der Waals surface area contributed by atoms with Crippen LogP contribution in [0.15, 0.2) is 60.8 Å². The van der Waals surface area contributed by atoms with Crippen LogP contribution in [0.2, 0.25) is 0 Å². The zero-order chi connectivity index (χ0) is 34.2. The van der Waals surface area contributed by atoms with E-state index in [1.165, 1.54) is 4.90 Å². The van der Waals surface area contributed by atoms with Gasteiger partial charge in [0, 0.05) is 42.8 Å². The Kier molecular flexibility index (Phi) is 11.7. The third-order valence-electron chi connectivity index (χ3n) is 7.55. The van der Waals surface area contributed by atoms with Crippen LogP contribution in [0, 0.1) is 0 Å². The number of fused-ring (bicyclic) bond motifs is 1. The summed E-state index contributed by atoms with van der Waals surface area (Å²) in [6.45, 7) is 12.2. The molecule has 1 fully saturated rings. The van der Waals surface area contributed by atoms with Crippen molar-refractivity contribution in [3.8, 4) is 5.75 Å². The number of esters is 1. The average molecular weight is 650 g/mol. The van der Waals surface area contributed by atoms with Crippen molar-refractivity contribution in [3.05, 3.63) is 71.9 Å². The third-order valence-corrected chi connectivity index (χ3v) is 7.55. The van der Waals surface area contributed by atoms with Gasteiger partial charge in [0.15, 0.2) is 0 Å². The summed E-state index contributed by atoms with van der Waals surface area (Å²) in [7, 11) is 1.60. The van der Waals surface area contributed by atoms with Crippen LogP contribution in [0.1, 0.15) is 71.6 Å². The summed E-state index contributed by atoms with van der Waals surface area (Å²) in [4.78, 5) is 47.3. The first-order chi connectivity index (χ1) is 22.2. The first kappa shape index (κ1) is 35.5. The molecule has 0 bridgehead atoms. The minimum atomic E-state index is -0.768. The second kappa shape index (κ2) is 15.5. The van der Waals surface area contributed by atoms with Crippen molar-refractivity contribution in [1.29, 1.82) is 0 Å². The molecule has 2 heterocycles. The second-order valence-corrected chi connectivity index (χ2v) is 13.6. The number of piperidine rings is 1. The molecular formula is C36H47N3O8. The minimum absolute atomic E-state index is 0.120. The van der Waals surface area contributed by atoms with Crippen molar-refractivity contribution in [2.75, 3.05) is 33.3 Å². The Balaban J connectivity index is 1.49. The molecule has 4 rings (SSSR count). The maximum atomic E-state index is 13.3.